The summed E-state index contributed by atoms with van der Waals surface area (Å²) in [5.41, 5.74) is 0. The van der Waals surface area contributed by atoms with Gasteiger partial charge in [0.05, 0.1) is 6.61 Å². The standard InChI is InChI=1S/C15H20N2O2/c1-2-9-17-10-11-18-15-12(17)6-7-13(15)19-14-5-3-4-8-16-14/h2-5,8,12-13,15H,1,6-7,9-11H2/t12-,13+,15+/m1/s1. The zero-order valence-electron chi connectivity index (χ0n) is 11.1. The van der Waals surface area contributed by atoms with Crippen LogP contribution in [0.1, 0.15) is 12.8 Å². The molecule has 1 aromatic heterocycles. The lowest BCUT2D eigenvalue weighted by Crippen LogP contribution is -2.52. The Hall–Kier alpha value is -1.39. The van der Waals surface area contributed by atoms with E-state index in [0.29, 0.717) is 11.9 Å². The second-order valence-corrected chi connectivity index (χ2v) is 5.09. The lowest BCUT2D eigenvalue weighted by Gasteiger charge is -2.38. The van der Waals surface area contributed by atoms with Gasteiger partial charge in [-0.15, -0.1) is 6.58 Å². The molecule has 0 N–H and O–H groups in total. The van der Waals surface area contributed by atoms with Gasteiger partial charge in [0.25, 0.3) is 0 Å². The maximum Gasteiger partial charge on any atom is 0.213 e. The highest BCUT2D eigenvalue weighted by atomic mass is 16.5. The third kappa shape index (κ3) is 2.65. The van der Waals surface area contributed by atoms with Gasteiger partial charge in [-0.3, -0.25) is 4.90 Å². The highest BCUT2D eigenvalue weighted by molar-refractivity contribution is 5.11. The zero-order valence-corrected chi connectivity index (χ0v) is 11.1. The van der Waals surface area contributed by atoms with Crippen LogP contribution in [0.25, 0.3) is 0 Å². The Kier molecular flexibility index (Phi) is 3.80. The molecule has 0 aromatic carbocycles. The van der Waals surface area contributed by atoms with Gasteiger partial charge in [0.2, 0.25) is 5.88 Å². The van der Waals surface area contributed by atoms with Crippen LogP contribution in [0.3, 0.4) is 0 Å². The molecule has 0 amide bonds. The molecule has 4 nitrogen and oxygen atoms in total. The monoisotopic (exact) mass is 260 g/mol. The Morgan fingerprint density at radius 2 is 2.42 bits per heavy atom. The third-order valence-electron chi connectivity index (χ3n) is 3.92. The summed E-state index contributed by atoms with van der Waals surface area (Å²) in [5, 5.41) is 0. The predicted octanol–water partition coefficient (Wildman–Crippen LogP) is 1.88. The van der Waals surface area contributed by atoms with Crippen LogP contribution in [-0.4, -0.2) is 47.8 Å². The average molecular weight is 260 g/mol. The van der Waals surface area contributed by atoms with Crippen molar-refractivity contribution < 1.29 is 9.47 Å². The number of pyridine rings is 1. The van der Waals surface area contributed by atoms with Gasteiger partial charge >= 0.3 is 0 Å². The molecule has 2 fully saturated rings. The summed E-state index contributed by atoms with van der Waals surface area (Å²) >= 11 is 0. The Bertz CT molecular complexity index is 423. The first-order valence-electron chi connectivity index (χ1n) is 6.92. The maximum absolute atomic E-state index is 5.98. The fourth-order valence-electron chi connectivity index (χ4n) is 3.08. The number of ether oxygens (including phenoxy) is 2. The second-order valence-electron chi connectivity index (χ2n) is 5.09. The first-order valence-corrected chi connectivity index (χ1v) is 6.92. The highest BCUT2D eigenvalue weighted by Gasteiger charge is 2.43. The molecule has 0 unspecified atom stereocenters. The van der Waals surface area contributed by atoms with E-state index >= 15 is 0 Å². The van der Waals surface area contributed by atoms with Gasteiger partial charge in [-0.1, -0.05) is 12.1 Å². The smallest absolute Gasteiger partial charge is 0.213 e. The van der Waals surface area contributed by atoms with Gasteiger partial charge in [0.1, 0.15) is 12.2 Å². The van der Waals surface area contributed by atoms with Gasteiger partial charge in [-0.05, 0) is 18.9 Å². The maximum atomic E-state index is 5.98. The van der Waals surface area contributed by atoms with Crippen molar-refractivity contribution in [3.05, 3.63) is 37.1 Å². The second kappa shape index (κ2) is 5.72. The van der Waals surface area contributed by atoms with Crippen molar-refractivity contribution in [2.24, 2.45) is 0 Å². The first-order chi connectivity index (χ1) is 9.38. The van der Waals surface area contributed by atoms with E-state index in [0.717, 1.165) is 32.5 Å². The van der Waals surface area contributed by atoms with E-state index in [1.54, 1.807) is 6.20 Å². The van der Waals surface area contributed by atoms with Crippen LogP contribution in [0, 0.1) is 0 Å². The van der Waals surface area contributed by atoms with E-state index in [1.807, 2.05) is 24.3 Å². The summed E-state index contributed by atoms with van der Waals surface area (Å²) in [6, 6.07) is 6.20. The number of aromatic nitrogens is 1. The molecule has 102 valence electrons. The van der Waals surface area contributed by atoms with Crippen LogP contribution in [0.2, 0.25) is 0 Å². The normalized spacial score (nSPS) is 30.8. The van der Waals surface area contributed by atoms with Crippen LogP contribution in [0.5, 0.6) is 5.88 Å². The topological polar surface area (TPSA) is 34.6 Å². The SMILES string of the molecule is C=CCN1CCO[C@@H]2[C@@H](Oc3ccccn3)CC[C@H]21. The Balaban J connectivity index is 1.67. The van der Waals surface area contributed by atoms with Crippen LogP contribution in [0.15, 0.2) is 37.1 Å². The Morgan fingerprint density at radius 1 is 1.47 bits per heavy atom. The fourth-order valence-corrected chi connectivity index (χ4v) is 3.08. The van der Waals surface area contributed by atoms with Crippen molar-refractivity contribution in [2.75, 3.05) is 19.7 Å². The number of fused-ring (bicyclic) bond motifs is 1. The molecule has 2 aliphatic rings. The average Bonchev–Trinajstić information content (AvgIpc) is 2.85. The Morgan fingerprint density at radius 3 is 3.21 bits per heavy atom. The molecule has 0 spiro atoms. The number of hydrogen-bond acceptors (Lipinski definition) is 4. The molecular formula is C15H20N2O2. The van der Waals surface area contributed by atoms with Crippen LogP contribution < -0.4 is 4.74 Å². The number of morpholine rings is 1. The molecular weight excluding hydrogens is 240 g/mol. The summed E-state index contributed by atoms with van der Waals surface area (Å²) < 4.78 is 11.9. The van der Waals surface area contributed by atoms with E-state index in [2.05, 4.69) is 16.5 Å². The molecule has 1 aliphatic heterocycles. The van der Waals surface area contributed by atoms with Crippen molar-refractivity contribution in [1.82, 2.24) is 9.88 Å². The zero-order chi connectivity index (χ0) is 13.1. The fraction of sp³-hybridized carbons (Fsp3) is 0.533. The summed E-state index contributed by atoms with van der Waals surface area (Å²) in [7, 11) is 0. The van der Waals surface area contributed by atoms with Crippen LogP contribution in [0.4, 0.5) is 0 Å². The molecule has 0 radical (unpaired) electrons. The van der Waals surface area contributed by atoms with E-state index in [9.17, 15) is 0 Å². The van der Waals surface area contributed by atoms with Crippen molar-refractivity contribution in [3.63, 3.8) is 0 Å². The largest absolute Gasteiger partial charge is 0.472 e. The quantitative estimate of drug-likeness (QED) is 0.774. The third-order valence-corrected chi connectivity index (χ3v) is 3.92. The van der Waals surface area contributed by atoms with Crippen molar-refractivity contribution >= 4 is 0 Å². The molecule has 3 rings (SSSR count). The molecule has 1 aliphatic carbocycles. The molecule has 1 aromatic rings. The molecule has 1 saturated heterocycles. The van der Waals surface area contributed by atoms with E-state index in [4.69, 9.17) is 9.47 Å². The number of hydrogen-bond donors (Lipinski definition) is 0. The van der Waals surface area contributed by atoms with E-state index < -0.39 is 0 Å². The minimum Gasteiger partial charge on any atom is -0.472 e. The van der Waals surface area contributed by atoms with E-state index in [-0.39, 0.29) is 12.2 Å². The van der Waals surface area contributed by atoms with Crippen molar-refractivity contribution in [3.8, 4) is 5.88 Å². The minimum absolute atomic E-state index is 0.118. The Labute approximate surface area is 114 Å². The van der Waals surface area contributed by atoms with Gasteiger partial charge in [0, 0.05) is 31.4 Å². The molecule has 3 atom stereocenters. The minimum atomic E-state index is 0.118. The lowest BCUT2D eigenvalue weighted by atomic mass is 10.1. The number of nitrogens with zero attached hydrogens (tertiary/aromatic N) is 2. The molecule has 1 saturated carbocycles. The summed E-state index contributed by atoms with van der Waals surface area (Å²) in [6.45, 7) is 6.53. The van der Waals surface area contributed by atoms with Crippen molar-refractivity contribution in [2.45, 2.75) is 31.1 Å². The summed E-state index contributed by atoms with van der Waals surface area (Å²) in [6.07, 6.45) is 6.15. The lowest BCUT2D eigenvalue weighted by molar-refractivity contribution is -0.0865. The molecule has 19 heavy (non-hydrogen) atoms. The number of rotatable bonds is 4. The predicted molar refractivity (Wildman–Crippen MR) is 73.2 cm³/mol. The van der Waals surface area contributed by atoms with Crippen LogP contribution in [-0.2, 0) is 4.74 Å². The summed E-state index contributed by atoms with van der Waals surface area (Å²) in [4.78, 5) is 6.68. The van der Waals surface area contributed by atoms with Gasteiger partial charge in [-0.2, -0.15) is 0 Å². The van der Waals surface area contributed by atoms with Crippen LogP contribution >= 0.6 is 0 Å². The van der Waals surface area contributed by atoms with Gasteiger partial charge in [-0.25, -0.2) is 4.98 Å². The summed E-state index contributed by atoms with van der Waals surface area (Å²) in [5.74, 6) is 0.692. The van der Waals surface area contributed by atoms with Gasteiger partial charge in [0.15, 0.2) is 0 Å². The molecule has 4 heteroatoms. The molecule has 2 heterocycles. The van der Waals surface area contributed by atoms with Gasteiger partial charge < -0.3 is 9.47 Å². The first kappa shape index (κ1) is 12.6. The van der Waals surface area contributed by atoms with E-state index in [1.165, 1.54) is 0 Å². The highest BCUT2D eigenvalue weighted by Crippen LogP contribution is 2.32. The van der Waals surface area contributed by atoms with Crippen molar-refractivity contribution in [1.29, 1.82) is 0 Å². The molecule has 0 bridgehead atoms.